The molecular weight excluding hydrogens is 266 g/mol. The summed E-state index contributed by atoms with van der Waals surface area (Å²) in [7, 11) is 0. The van der Waals surface area contributed by atoms with Crippen molar-refractivity contribution in [2.24, 2.45) is 5.41 Å². The molecule has 0 bridgehead atoms. The molecule has 2 aromatic rings. The molecule has 1 saturated heterocycles. The minimum absolute atomic E-state index is 0.0242. The van der Waals surface area contributed by atoms with Gasteiger partial charge in [0.05, 0.1) is 11.1 Å². The number of hydrogen-bond acceptors (Lipinski definition) is 4. The molecule has 2 aromatic heterocycles. The molecule has 21 heavy (non-hydrogen) atoms. The van der Waals surface area contributed by atoms with Crippen molar-refractivity contribution >= 4 is 11.6 Å². The molecule has 6 heteroatoms. The van der Waals surface area contributed by atoms with Crippen molar-refractivity contribution in [1.29, 1.82) is 0 Å². The first kappa shape index (κ1) is 13.8. The molecule has 1 aliphatic heterocycles. The SMILES string of the molecule is CC1(C(=O)Nc2cccnc2-n2cccn2)CCCNC1. The van der Waals surface area contributed by atoms with Crippen LogP contribution in [-0.2, 0) is 4.79 Å². The number of anilines is 1. The quantitative estimate of drug-likeness (QED) is 0.898. The average molecular weight is 285 g/mol. The van der Waals surface area contributed by atoms with E-state index in [1.165, 1.54) is 0 Å². The number of hydrogen-bond donors (Lipinski definition) is 2. The molecule has 6 nitrogen and oxygen atoms in total. The van der Waals surface area contributed by atoms with Gasteiger partial charge in [-0.05, 0) is 44.5 Å². The van der Waals surface area contributed by atoms with E-state index in [9.17, 15) is 4.79 Å². The summed E-state index contributed by atoms with van der Waals surface area (Å²) < 4.78 is 1.65. The van der Waals surface area contributed by atoms with E-state index in [0.29, 0.717) is 18.1 Å². The molecule has 1 unspecified atom stereocenters. The molecule has 1 amide bonds. The van der Waals surface area contributed by atoms with E-state index in [1.54, 1.807) is 17.1 Å². The zero-order valence-electron chi connectivity index (χ0n) is 12.0. The molecule has 0 radical (unpaired) electrons. The monoisotopic (exact) mass is 285 g/mol. The van der Waals surface area contributed by atoms with E-state index < -0.39 is 0 Å². The van der Waals surface area contributed by atoms with Crippen molar-refractivity contribution in [2.45, 2.75) is 19.8 Å². The zero-order chi connectivity index (χ0) is 14.7. The molecule has 0 spiro atoms. The summed E-state index contributed by atoms with van der Waals surface area (Å²) in [6.45, 7) is 3.68. The van der Waals surface area contributed by atoms with E-state index in [-0.39, 0.29) is 11.3 Å². The highest BCUT2D eigenvalue weighted by Crippen LogP contribution is 2.28. The van der Waals surface area contributed by atoms with Gasteiger partial charge in [0.15, 0.2) is 5.82 Å². The summed E-state index contributed by atoms with van der Waals surface area (Å²) >= 11 is 0. The van der Waals surface area contributed by atoms with Crippen molar-refractivity contribution in [3.8, 4) is 5.82 Å². The highest BCUT2D eigenvalue weighted by molar-refractivity contribution is 5.96. The van der Waals surface area contributed by atoms with Crippen LogP contribution in [0.1, 0.15) is 19.8 Å². The molecule has 1 aliphatic rings. The summed E-state index contributed by atoms with van der Waals surface area (Å²) in [5.41, 5.74) is 0.299. The van der Waals surface area contributed by atoms with Gasteiger partial charge >= 0.3 is 0 Å². The lowest BCUT2D eigenvalue weighted by Crippen LogP contribution is -2.46. The Bertz CT molecular complexity index is 617. The number of carbonyl (C=O) groups is 1. The second-order valence-corrected chi connectivity index (χ2v) is 5.62. The number of carbonyl (C=O) groups excluding carboxylic acids is 1. The summed E-state index contributed by atoms with van der Waals surface area (Å²) in [6, 6.07) is 5.48. The smallest absolute Gasteiger partial charge is 0.231 e. The van der Waals surface area contributed by atoms with Crippen LogP contribution in [0.5, 0.6) is 0 Å². The van der Waals surface area contributed by atoms with Crippen LogP contribution in [0.2, 0.25) is 0 Å². The molecule has 2 N–H and O–H groups in total. The Morgan fingerprint density at radius 1 is 1.43 bits per heavy atom. The standard InChI is InChI=1S/C15H19N5O/c1-15(6-3-7-16-11-15)14(21)19-12-5-2-8-17-13(12)20-10-4-9-18-20/h2,4-5,8-10,16H,3,6-7,11H2,1H3,(H,19,21). The summed E-state index contributed by atoms with van der Waals surface area (Å²) in [4.78, 5) is 16.9. The molecule has 110 valence electrons. The fourth-order valence-electron chi connectivity index (χ4n) is 2.59. The van der Waals surface area contributed by atoms with Gasteiger partial charge in [-0.1, -0.05) is 0 Å². The van der Waals surface area contributed by atoms with E-state index in [2.05, 4.69) is 20.7 Å². The molecule has 0 saturated carbocycles. The second kappa shape index (κ2) is 5.65. The topological polar surface area (TPSA) is 71.8 Å². The van der Waals surface area contributed by atoms with Gasteiger partial charge in [-0.25, -0.2) is 9.67 Å². The van der Waals surface area contributed by atoms with Crippen molar-refractivity contribution in [3.63, 3.8) is 0 Å². The van der Waals surface area contributed by atoms with Crippen LogP contribution >= 0.6 is 0 Å². The van der Waals surface area contributed by atoms with Crippen molar-refractivity contribution in [3.05, 3.63) is 36.8 Å². The number of nitrogens with one attached hydrogen (secondary N) is 2. The largest absolute Gasteiger partial charge is 0.322 e. The normalized spacial score (nSPS) is 22.0. The van der Waals surface area contributed by atoms with E-state index in [4.69, 9.17) is 0 Å². The van der Waals surface area contributed by atoms with E-state index in [1.807, 2.05) is 31.3 Å². The number of amides is 1. The third kappa shape index (κ3) is 2.80. The molecule has 3 heterocycles. The predicted octanol–water partition coefficient (Wildman–Crippen LogP) is 1.60. The maximum atomic E-state index is 12.6. The van der Waals surface area contributed by atoms with Gasteiger partial charge in [0.1, 0.15) is 0 Å². The lowest BCUT2D eigenvalue weighted by atomic mass is 9.82. The number of pyridine rings is 1. The van der Waals surface area contributed by atoms with Gasteiger partial charge in [-0.15, -0.1) is 0 Å². The Morgan fingerprint density at radius 3 is 3.05 bits per heavy atom. The number of aromatic nitrogens is 3. The van der Waals surface area contributed by atoms with Gasteiger partial charge in [0, 0.05) is 25.1 Å². The van der Waals surface area contributed by atoms with E-state index >= 15 is 0 Å². The van der Waals surface area contributed by atoms with Crippen LogP contribution in [0.15, 0.2) is 36.8 Å². The van der Waals surface area contributed by atoms with Gasteiger partial charge < -0.3 is 10.6 Å². The summed E-state index contributed by atoms with van der Waals surface area (Å²) in [5, 5.41) is 10.5. The maximum absolute atomic E-state index is 12.6. The van der Waals surface area contributed by atoms with Crippen LogP contribution in [-0.4, -0.2) is 33.8 Å². The average Bonchev–Trinajstić information content (AvgIpc) is 3.02. The van der Waals surface area contributed by atoms with Crippen LogP contribution in [0, 0.1) is 5.41 Å². The van der Waals surface area contributed by atoms with Gasteiger partial charge in [-0.3, -0.25) is 4.79 Å². The van der Waals surface area contributed by atoms with Crippen LogP contribution in [0.4, 0.5) is 5.69 Å². The Labute approximate surface area is 123 Å². The van der Waals surface area contributed by atoms with Crippen LogP contribution in [0.3, 0.4) is 0 Å². The predicted molar refractivity (Wildman–Crippen MR) is 80.2 cm³/mol. The second-order valence-electron chi connectivity index (χ2n) is 5.62. The zero-order valence-corrected chi connectivity index (χ0v) is 12.0. The Hall–Kier alpha value is -2.21. The first-order valence-corrected chi connectivity index (χ1v) is 7.16. The van der Waals surface area contributed by atoms with Crippen LogP contribution < -0.4 is 10.6 Å². The Kier molecular flexibility index (Phi) is 3.70. The van der Waals surface area contributed by atoms with Crippen molar-refractivity contribution < 1.29 is 4.79 Å². The summed E-state index contributed by atoms with van der Waals surface area (Å²) in [5.74, 6) is 0.652. The fraction of sp³-hybridized carbons (Fsp3) is 0.400. The van der Waals surface area contributed by atoms with Gasteiger partial charge in [0.25, 0.3) is 0 Å². The van der Waals surface area contributed by atoms with Gasteiger partial charge in [0.2, 0.25) is 5.91 Å². The first-order chi connectivity index (χ1) is 10.2. The lowest BCUT2D eigenvalue weighted by molar-refractivity contribution is -0.125. The number of nitrogens with zero attached hydrogens (tertiary/aromatic N) is 3. The lowest BCUT2D eigenvalue weighted by Gasteiger charge is -2.32. The highest BCUT2D eigenvalue weighted by atomic mass is 16.2. The number of piperidine rings is 1. The molecule has 1 atom stereocenters. The third-order valence-corrected chi connectivity index (χ3v) is 3.90. The minimum Gasteiger partial charge on any atom is -0.322 e. The molecule has 0 aliphatic carbocycles. The summed E-state index contributed by atoms with van der Waals surface area (Å²) in [6.07, 6.45) is 7.09. The Balaban J connectivity index is 1.83. The third-order valence-electron chi connectivity index (χ3n) is 3.90. The molecular formula is C15H19N5O. The Morgan fingerprint density at radius 2 is 2.33 bits per heavy atom. The highest BCUT2D eigenvalue weighted by Gasteiger charge is 2.35. The van der Waals surface area contributed by atoms with Crippen LogP contribution in [0.25, 0.3) is 5.82 Å². The minimum atomic E-state index is -0.379. The van der Waals surface area contributed by atoms with Crippen molar-refractivity contribution in [1.82, 2.24) is 20.1 Å². The number of rotatable bonds is 3. The van der Waals surface area contributed by atoms with Gasteiger partial charge in [-0.2, -0.15) is 5.10 Å². The molecule has 0 aromatic carbocycles. The molecule has 3 rings (SSSR count). The first-order valence-electron chi connectivity index (χ1n) is 7.16. The molecule has 1 fully saturated rings. The fourth-order valence-corrected chi connectivity index (χ4v) is 2.59. The van der Waals surface area contributed by atoms with Crippen molar-refractivity contribution in [2.75, 3.05) is 18.4 Å². The maximum Gasteiger partial charge on any atom is 0.231 e. The van der Waals surface area contributed by atoms with E-state index in [0.717, 1.165) is 19.4 Å².